The zero-order valence-corrected chi connectivity index (χ0v) is 11.2. The van der Waals surface area contributed by atoms with Gasteiger partial charge in [0.05, 0.1) is 12.2 Å². The Morgan fingerprint density at radius 1 is 0.556 bits per heavy atom. The minimum absolute atomic E-state index is 0.0900. The van der Waals surface area contributed by atoms with Crippen LogP contribution in [0.1, 0.15) is 51.4 Å². The molecule has 0 spiro atoms. The monoisotopic (exact) mass is 260 g/mol. The van der Waals surface area contributed by atoms with Crippen LogP contribution in [-0.4, -0.2) is 45.8 Å². The zero-order valence-electron chi connectivity index (χ0n) is 11.2. The Balaban J connectivity index is 0.000000180. The van der Waals surface area contributed by atoms with Gasteiger partial charge in [-0.25, -0.2) is 0 Å². The first-order valence-corrected chi connectivity index (χ1v) is 7.23. The van der Waals surface area contributed by atoms with Crippen molar-refractivity contribution in [1.29, 1.82) is 0 Å². The summed E-state index contributed by atoms with van der Waals surface area (Å²) in [6.45, 7) is 0.597. The number of rotatable bonds is 2. The molecule has 2 fully saturated rings. The highest BCUT2D eigenvalue weighted by Gasteiger charge is 2.18. The summed E-state index contributed by atoms with van der Waals surface area (Å²) in [5.74, 6) is 0.932. The van der Waals surface area contributed by atoms with E-state index < -0.39 is 0 Å². The van der Waals surface area contributed by atoms with Gasteiger partial charge in [-0.05, 0) is 63.2 Å². The van der Waals surface area contributed by atoms with Crippen molar-refractivity contribution in [2.24, 2.45) is 11.8 Å². The summed E-state index contributed by atoms with van der Waals surface area (Å²) in [5, 5.41) is 35.5. The van der Waals surface area contributed by atoms with Crippen molar-refractivity contribution >= 4 is 0 Å². The summed E-state index contributed by atoms with van der Waals surface area (Å²) in [6, 6.07) is 0. The molecule has 0 unspecified atom stereocenters. The lowest BCUT2D eigenvalue weighted by Gasteiger charge is -2.23. The van der Waals surface area contributed by atoms with E-state index in [1.807, 2.05) is 0 Å². The molecule has 0 aromatic heterocycles. The molecule has 4 heteroatoms. The number of aliphatic hydroxyl groups is 4. The third kappa shape index (κ3) is 6.14. The van der Waals surface area contributed by atoms with E-state index in [2.05, 4.69) is 0 Å². The summed E-state index contributed by atoms with van der Waals surface area (Å²) in [5.41, 5.74) is 0. The molecule has 4 N–H and O–H groups in total. The average Bonchev–Trinajstić information content (AvgIpc) is 2.41. The largest absolute Gasteiger partial charge is 0.396 e. The summed E-state index contributed by atoms with van der Waals surface area (Å²) >= 11 is 0. The highest BCUT2D eigenvalue weighted by Crippen LogP contribution is 2.23. The Morgan fingerprint density at radius 2 is 0.833 bits per heavy atom. The van der Waals surface area contributed by atoms with Crippen molar-refractivity contribution in [2.45, 2.75) is 63.6 Å². The Labute approximate surface area is 110 Å². The predicted molar refractivity (Wildman–Crippen MR) is 70.1 cm³/mol. The third-order valence-electron chi connectivity index (χ3n) is 4.15. The van der Waals surface area contributed by atoms with Gasteiger partial charge in [-0.15, -0.1) is 0 Å². The summed E-state index contributed by atoms with van der Waals surface area (Å²) < 4.78 is 0. The first-order chi connectivity index (χ1) is 8.65. The second kappa shape index (κ2) is 8.86. The molecule has 0 bridgehead atoms. The van der Waals surface area contributed by atoms with Crippen LogP contribution in [0.2, 0.25) is 0 Å². The van der Waals surface area contributed by atoms with Crippen LogP contribution in [0.4, 0.5) is 0 Å². The smallest absolute Gasteiger partial charge is 0.0540 e. The van der Waals surface area contributed by atoms with E-state index in [1.54, 1.807) is 0 Å². The molecule has 0 heterocycles. The molecule has 0 atom stereocenters. The van der Waals surface area contributed by atoms with Crippen LogP contribution in [0, 0.1) is 11.8 Å². The van der Waals surface area contributed by atoms with Crippen molar-refractivity contribution in [3.8, 4) is 0 Å². The second-order valence-corrected chi connectivity index (χ2v) is 5.71. The first kappa shape index (κ1) is 15.9. The zero-order chi connectivity index (χ0) is 13.4. The van der Waals surface area contributed by atoms with Gasteiger partial charge >= 0.3 is 0 Å². The second-order valence-electron chi connectivity index (χ2n) is 5.71. The fourth-order valence-corrected chi connectivity index (χ4v) is 2.65. The van der Waals surface area contributed by atoms with Gasteiger partial charge in [-0.2, -0.15) is 0 Å². The van der Waals surface area contributed by atoms with Crippen LogP contribution in [0.5, 0.6) is 0 Å². The molecule has 2 aliphatic rings. The number of hydrogen-bond donors (Lipinski definition) is 4. The van der Waals surface area contributed by atoms with Crippen molar-refractivity contribution in [2.75, 3.05) is 13.2 Å². The molecule has 2 rings (SSSR count). The molecule has 0 aliphatic heterocycles. The van der Waals surface area contributed by atoms with Crippen LogP contribution in [-0.2, 0) is 0 Å². The molecule has 0 aromatic rings. The molecular weight excluding hydrogens is 232 g/mol. The molecule has 108 valence electrons. The van der Waals surface area contributed by atoms with E-state index in [-0.39, 0.29) is 12.2 Å². The molecule has 18 heavy (non-hydrogen) atoms. The van der Waals surface area contributed by atoms with Crippen LogP contribution >= 0.6 is 0 Å². The van der Waals surface area contributed by atoms with Gasteiger partial charge in [0.25, 0.3) is 0 Å². The van der Waals surface area contributed by atoms with Crippen LogP contribution in [0.25, 0.3) is 0 Å². The Morgan fingerprint density at radius 3 is 1.06 bits per heavy atom. The molecule has 0 amide bonds. The fourth-order valence-electron chi connectivity index (χ4n) is 2.65. The molecule has 0 radical (unpaired) electrons. The maximum absolute atomic E-state index is 9.04. The number of hydrogen-bond acceptors (Lipinski definition) is 4. The number of aliphatic hydroxyl groups excluding tert-OH is 4. The van der Waals surface area contributed by atoms with Crippen molar-refractivity contribution in [1.82, 2.24) is 0 Å². The molecule has 2 saturated carbocycles. The van der Waals surface area contributed by atoms with E-state index in [0.29, 0.717) is 25.0 Å². The lowest BCUT2D eigenvalue weighted by Crippen LogP contribution is -2.20. The van der Waals surface area contributed by atoms with Gasteiger partial charge in [0.2, 0.25) is 0 Å². The minimum Gasteiger partial charge on any atom is -0.396 e. The molecule has 2 aliphatic carbocycles. The Hall–Kier alpha value is -0.160. The minimum atomic E-state index is -0.0900. The van der Waals surface area contributed by atoms with E-state index in [9.17, 15) is 0 Å². The quantitative estimate of drug-likeness (QED) is 0.598. The van der Waals surface area contributed by atoms with E-state index in [1.165, 1.54) is 0 Å². The maximum Gasteiger partial charge on any atom is 0.0540 e. The molecule has 0 aromatic carbocycles. The van der Waals surface area contributed by atoms with Crippen LogP contribution in [0.15, 0.2) is 0 Å². The van der Waals surface area contributed by atoms with Crippen molar-refractivity contribution in [3.05, 3.63) is 0 Å². The lowest BCUT2D eigenvalue weighted by atomic mass is 9.88. The van der Waals surface area contributed by atoms with Gasteiger partial charge in [0.1, 0.15) is 0 Å². The first-order valence-electron chi connectivity index (χ1n) is 7.23. The molecule has 0 saturated heterocycles. The predicted octanol–water partition coefficient (Wildman–Crippen LogP) is 1.06. The van der Waals surface area contributed by atoms with Gasteiger partial charge < -0.3 is 20.4 Å². The van der Waals surface area contributed by atoms with E-state index in [0.717, 1.165) is 51.4 Å². The summed E-state index contributed by atoms with van der Waals surface area (Å²) in [7, 11) is 0. The average molecular weight is 260 g/mol. The fraction of sp³-hybridized carbons (Fsp3) is 1.00. The standard InChI is InChI=1S/2C7H14O2/c2*8-5-6-1-3-7(9)4-2-6/h2*6-9H,1-5H2. The van der Waals surface area contributed by atoms with E-state index in [4.69, 9.17) is 20.4 Å². The maximum atomic E-state index is 9.04. The van der Waals surface area contributed by atoms with Gasteiger partial charge in [0.15, 0.2) is 0 Å². The van der Waals surface area contributed by atoms with Crippen molar-refractivity contribution < 1.29 is 20.4 Å². The van der Waals surface area contributed by atoms with Crippen LogP contribution < -0.4 is 0 Å². The molecular formula is C14H28O4. The normalized spacial score (nSPS) is 36.7. The lowest BCUT2D eigenvalue weighted by molar-refractivity contribution is 0.0868. The van der Waals surface area contributed by atoms with Gasteiger partial charge in [-0.1, -0.05) is 0 Å². The highest BCUT2D eigenvalue weighted by atomic mass is 16.3. The Kier molecular flexibility index (Phi) is 7.82. The van der Waals surface area contributed by atoms with E-state index >= 15 is 0 Å². The Bertz CT molecular complexity index is 172. The third-order valence-corrected chi connectivity index (χ3v) is 4.15. The van der Waals surface area contributed by atoms with Gasteiger partial charge in [-0.3, -0.25) is 0 Å². The highest BCUT2D eigenvalue weighted by molar-refractivity contribution is 4.70. The summed E-state index contributed by atoms with van der Waals surface area (Å²) in [4.78, 5) is 0. The van der Waals surface area contributed by atoms with Gasteiger partial charge in [0, 0.05) is 13.2 Å². The SMILES string of the molecule is OCC1CCC(O)CC1.OCC1CCC(O)CC1. The summed E-state index contributed by atoms with van der Waals surface area (Å²) in [6.07, 6.45) is 7.33. The van der Waals surface area contributed by atoms with Crippen LogP contribution in [0.3, 0.4) is 0 Å². The molecule has 4 nitrogen and oxygen atoms in total. The van der Waals surface area contributed by atoms with Crippen molar-refractivity contribution in [3.63, 3.8) is 0 Å². The topological polar surface area (TPSA) is 80.9 Å².